The van der Waals surface area contributed by atoms with Crippen molar-refractivity contribution in [2.45, 2.75) is 24.5 Å². The van der Waals surface area contributed by atoms with Gasteiger partial charge in [-0.05, 0) is 5.46 Å². The maximum atomic E-state index is 9.71. The van der Waals surface area contributed by atoms with Crippen molar-refractivity contribution in [1.29, 1.82) is 0 Å². The Bertz CT molecular complexity index is 939. The van der Waals surface area contributed by atoms with Crippen molar-refractivity contribution < 1.29 is 19.2 Å². The van der Waals surface area contributed by atoms with Crippen LogP contribution in [0.3, 0.4) is 0 Å². The second kappa shape index (κ2) is 6.03. The molecule has 2 aromatic heterocycles. The zero-order chi connectivity index (χ0) is 17.7. The number of anilines is 1. The first-order valence-corrected chi connectivity index (χ1v) is 8.31. The Balaban J connectivity index is 1.51. The van der Waals surface area contributed by atoms with E-state index < -0.39 is 31.7 Å². The molecule has 3 N–H and O–H groups in total. The van der Waals surface area contributed by atoms with E-state index >= 15 is 0 Å². The van der Waals surface area contributed by atoms with Crippen LogP contribution in [0.5, 0.6) is 0 Å². The molecular weight excluding hydrogens is 337 g/mol. The molecule has 2 aliphatic rings. The van der Waals surface area contributed by atoms with Crippen LogP contribution in [0.15, 0.2) is 43.0 Å². The zero-order valence-electron chi connectivity index (χ0n) is 13.7. The number of imidazole rings is 1. The summed E-state index contributed by atoms with van der Waals surface area (Å²) in [5.74, 6) is 0.299. The molecule has 4 heterocycles. The number of rotatable bonds is 3. The maximum Gasteiger partial charge on any atom is 0.494 e. The van der Waals surface area contributed by atoms with Gasteiger partial charge in [0.15, 0.2) is 17.7 Å². The van der Waals surface area contributed by atoms with E-state index in [1.165, 1.54) is 6.33 Å². The van der Waals surface area contributed by atoms with Crippen LogP contribution in [0, 0.1) is 0 Å². The van der Waals surface area contributed by atoms with Crippen molar-refractivity contribution in [2.75, 3.05) is 12.3 Å². The third-order valence-corrected chi connectivity index (χ3v) is 4.76. The summed E-state index contributed by atoms with van der Waals surface area (Å²) in [7, 11) is -0.513. The highest BCUT2D eigenvalue weighted by Crippen LogP contribution is 2.39. The summed E-state index contributed by atoms with van der Waals surface area (Å²) in [5, 5.41) is 9.71. The van der Waals surface area contributed by atoms with Crippen molar-refractivity contribution in [3.63, 3.8) is 0 Å². The molecule has 0 radical (unpaired) electrons. The minimum Gasteiger partial charge on any atom is -0.399 e. The van der Waals surface area contributed by atoms with Gasteiger partial charge in [-0.2, -0.15) is 0 Å². The number of hydrogen-bond acceptors (Lipinski definition) is 8. The summed E-state index contributed by atoms with van der Waals surface area (Å²) in [6.45, 7) is -0.174. The third-order valence-electron chi connectivity index (χ3n) is 4.76. The van der Waals surface area contributed by atoms with Gasteiger partial charge in [-0.15, -0.1) is 0 Å². The molecule has 2 saturated heterocycles. The maximum absolute atomic E-state index is 9.71. The molecule has 1 aromatic carbocycles. The lowest BCUT2D eigenvalue weighted by Crippen LogP contribution is -2.36. The van der Waals surface area contributed by atoms with Crippen LogP contribution in [0.25, 0.3) is 11.2 Å². The van der Waals surface area contributed by atoms with Crippen LogP contribution in [0.1, 0.15) is 6.23 Å². The minimum atomic E-state index is -0.537. The number of nitrogen functional groups attached to an aromatic ring is 1. The summed E-state index contributed by atoms with van der Waals surface area (Å²) < 4.78 is 19.9. The SMILES string of the molecule is Nc1ncnc2c1ncn2[C@@H]1O[C@H](CO)[C@H]2OB(c3ccccc3)O[C@H]21. The fraction of sp³-hybridized carbons (Fsp3) is 0.312. The molecule has 0 bridgehead atoms. The zero-order valence-corrected chi connectivity index (χ0v) is 13.7. The van der Waals surface area contributed by atoms with E-state index in [1.54, 1.807) is 10.9 Å². The summed E-state index contributed by atoms with van der Waals surface area (Å²) in [6, 6.07) is 9.67. The van der Waals surface area contributed by atoms with Gasteiger partial charge in [0.2, 0.25) is 0 Å². The molecule has 0 aliphatic carbocycles. The lowest BCUT2D eigenvalue weighted by molar-refractivity contribution is -0.0570. The highest BCUT2D eigenvalue weighted by Gasteiger charge is 2.55. The molecule has 2 aliphatic heterocycles. The van der Waals surface area contributed by atoms with Crippen molar-refractivity contribution in [3.8, 4) is 0 Å². The first-order valence-electron chi connectivity index (χ1n) is 8.31. The second-order valence-electron chi connectivity index (χ2n) is 6.27. The summed E-state index contributed by atoms with van der Waals surface area (Å²) >= 11 is 0. The predicted octanol–water partition coefficient (Wildman–Crippen LogP) is -0.522. The van der Waals surface area contributed by atoms with Gasteiger partial charge < -0.3 is 24.9 Å². The van der Waals surface area contributed by atoms with Gasteiger partial charge in [-0.25, -0.2) is 15.0 Å². The molecule has 10 heteroatoms. The van der Waals surface area contributed by atoms with Crippen LogP contribution < -0.4 is 11.2 Å². The number of aliphatic hydroxyl groups is 1. The van der Waals surface area contributed by atoms with E-state index in [-0.39, 0.29) is 6.61 Å². The summed E-state index contributed by atoms with van der Waals surface area (Å²) in [6.07, 6.45) is 1.12. The molecule has 132 valence electrons. The molecule has 2 fully saturated rings. The van der Waals surface area contributed by atoms with E-state index in [1.807, 2.05) is 30.3 Å². The molecule has 4 atom stereocenters. The number of ether oxygens (including phenoxy) is 1. The summed E-state index contributed by atoms with van der Waals surface area (Å²) in [5.41, 5.74) is 7.83. The highest BCUT2D eigenvalue weighted by molar-refractivity contribution is 6.61. The monoisotopic (exact) mass is 353 g/mol. The fourth-order valence-corrected chi connectivity index (χ4v) is 3.53. The molecular formula is C16H16BN5O4. The molecule has 0 amide bonds. The average molecular weight is 353 g/mol. The Labute approximate surface area is 148 Å². The average Bonchev–Trinajstić information content (AvgIpc) is 3.36. The van der Waals surface area contributed by atoms with Gasteiger partial charge >= 0.3 is 7.12 Å². The van der Waals surface area contributed by atoms with Crippen LogP contribution in [0.4, 0.5) is 5.82 Å². The Hall–Kier alpha value is -2.53. The van der Waals surface area contributed by atoms with E-state index in [0.29, 0.717) is 17.0 Å². The second-order valence-corrected chi connectivity index (χ2v) is 6.27. The lowest BCUT2D eigenvalue weighted by atomic mass is 9.79. The number of benzene rings is 1. The van der Waals surface area contributed by atoms with Gasteiger partial charge in [-0.1, -0.05) is 30.3 Å². The molecule has 0 spiro atoms. The van der Waals surface area contributed by atoms with Gasteiger partial charge in [0, 0.05) is 0 Å². The molecule has 5 rings (SSSR count). The number of hydrogen-bond donors (Lipinski definition) is 2. The number of nitrogens with zero attached hydrogens (tertiary/aromatic N) is 4. The van der Waals surface area contributed by atoms with Crippen molar-refractivity contribution in [3.05, 3.63) is 43.0 Å². The van der Waals surface area contributed by atoms with Crippen molar-refractivity contribution in [1.82, 2.24) is 19.5 Å². The topological polar surface area (TPSA) is 118 Å². The lowest BCUT2D eigenvalue weighted by Gasteiger charge is -2.19. The minimum absolute atomic E-state index is 0.174. The Morgan fingerprint density at radius 1 is 1.12 bits per heavy atom. The normalized spacial score (nSPS) is 28.0. The Morgan fingerprint density at radius 2 is 1.92 bits per heavy atom. The van der Waals surface area contributed by atoms with E-state index in [2.05, 4.69) is 15.0 Å². The van der Waals surface area contributed by atoms with E-state index in [4.69, 9.17) is 19.8 Å². The standard InChI is InChI=1S/C16H16BN5O4/c18-14-11-15(20-7-19-14)22(8-21-11)16-13-12(10(6-23)24-16)25-17(26-13)9-4-2-1-3-5-9/h1-5,7-8,10,12-13,16,23H,6H2,(H2,18,19,20)/t10-,12-,13-,16-/m1/s1. The molecule has 26 heavy (non-hydrogen) atoms. The van der Waals surface area contributed by atoms with Gasteiger partial charge in [0.1, 0.15) is 30.2 Å². The van der Waals surface area contributed by atoms with E-state index in [9.17, 15) is 5.11 Å². The molecule has 9 nitrogen and oxygen atoms in total. The molecule has 0 saturated carbocycles. The van der Waals surface area contributed by atoms with Crippen molar-refractivity contribution in [2.24, 2.45) is 0 Å². The molecule has 0 unspecified atom stereocenters. The van der Waals surface area contributed by atoms with Crippen LogP contribution >= 0.6 is 0 Å². The van der Waals surface area contributed by atoms with Crippen LogP contribution in [-0.4, -0.2) is 56.7 Å². The smallest absolute Gasteiger partial charge is 0.399 e. The number of nitrogens with two attached hydrogens (primary N) is 1. The Kier molecular flexibility index (Phi) is 3.64. The van der Waals surface area contributed by atoms with Crippen molar-refractivity contribution >= 4 is 29.6 Å². The van der Waals surface area contributed by atoms with E-state index in [0.717, 1.165) is 5.46 Å². The first kappa shape index (κ1) is 15.7. The first-order chi connectivity index (χ1) is 12.8. The predicted molar refractivity (Wildman–Crippen MR) is 92.3 cm³/mol. The van der Waals surface area contributed by atoms with Gasteiger partial charge in [0.05, 0.1) is 12.9 Å². The fourth-order valence-electron chi connectivity index (χ4n) is 3.53. The summed E-state index contributed by atoms with van der Waals surface area (Å²) in [4.78, 5) is 12.5. The quantitative estimate of drug-likeness (QED) is 0.604. The van der Waals surface area contributed by atoms with Crippen LogP contribution in [-0.2, 0) is 14.0 Å². The molecule has 3 aromatic rings. The number of aliphatic hydroxyl groups excluding tert-OH is 1. The highest BCUT2D eigenvalue weighted by atomic mass is 16.7. The van der Waals surface area contributed by atoms with Gasteiger partial charge in [0.25, 0.3) is 0 Å². The Morgan fingerprint density at radius 3 is 2.73 bits per heavy atom. The number of aromatic nitrogens is 4. The number of fused-ring (bicyclic) bond motifs is 2. The largest absolute Gasteiger partial charge is 0.494 e. The van der Waals surface area contributed by atoms with Crippen LogP contribution in [0.2, 0.25) is 0 Å². The third kappa shape index (κ3) is 2.31. The van der Waals surface area contributed by atoms with Gasteiger partial charge in [-0.3, -0.25) is 4.57 Å².